The summed E-state index contributed by atoms with van der Waals surface area (Å²) in [6.07, 6.45) is -2.90. The lowest BCUT2D eigenvalue weighted by molar-refractivity contribution is -0.142. The lowest BCUT2D eigenvalue weighted by Crippen LogP contribution is -2.42. The third-order valence-corrected chi connectivity index (χ3v) is 5.09. The highest BCUT2D eigenvalue weighted by atomic mass is 79.9. The molecule has 0 radical (unpaired) electrons. The van der Waals surface area contributed by atoms with E-state index in [0.717, 1.165) is 25.9 Å². The van der Waals surface area contributed by atoms with Crippen molar-refractivity contribution < 1.29 is 22.7 Å². The van der Waals surface area contributed by atoms with Crippen molar-refractivity contribution in [2.45, 2.75) is 31.5 Å². The molecule has 0 bridgehead atoms. The predicted octanol–water partition coefficient (Wildman–Crippen LogP) is 1.99. The highest BCUT2D eigenvalue weighted by Gasteiger charge is 2.41. The summed E-state index contributed by atoms with van der Waals surface area (Å²) in [4.78, 5) is 14.3. The maximum atomic E-state index is 13.0. The Kier molecular flexibility index (Phi) is 5.69. The first-order chi connectivity index (χ1) is 11.9. The maximum Gasteiger partial charge on any atom is 0.436 e. The Bertz CT molecular complexity index is 625. The van der Waals surface area contributed by atoms with Gasteiger partial charge in [-0.3, -0.25) is 14.4 Å². The van der Waals surface area contributed by atoms with Crippen LogP contribution in [-0.4, -0.2) is 60.0 Å². The quantitative estimate of drug-likeness (QED) is 0.758. The first-order valence-corrected chi connectivity index (χ1v) is 9.05. The smallest absolute Gasteiger partial charge is 0.379 e. The molecule has 1 amide bonds. The number of aromatic nitrogens is 2. The van der Waals surface area contributed by atoms with Crippen LogP contribution in [0.1, 0.15) is 30.1 Å². The zero-order chi connectivity index (χ0) is 18.0. The van der Waals surface area contributed by atoms with Gasteiger partial charge >= 0.3 is 6.18 Å². The Hall–Kier alpha value is -1.13. The molecule has 6 nitrogen and oxygen atoms in total. The molecule has 1 aliphatic carbocycles. The molecule has 2 aliphatic rings. The molecule has 1 saturated heterocycles. The van der Waals surface area contributed by atoms with Crippen LogP contribution in [0.2, 0.25) is 0 Å². The zero-order valence-corrected chi connectivity index (χ0v) is 15.2. The van der Waals surface area contributed by atoms with Crippen LogP contribution in [0.3, 0.4) is 0 Å². The minimum atomic E-state index is -4.54. The van der Waals surface area contributed by atoms with E-state index in [-0.39, 0.29) is 22.8 Å². The molecule has 1 saturated carbocycles. The van der Waals surface area contributed by atoms with Crippen LogP contribution in [0.25, 0.3) is 0 Å². The Balaban J connectivity index is 1.58. The summed E-state index contributed by atoms with van der Waals surface area (Å²) in [6, 6.07) is 0. The number of ether oxygens (including phenoxy) is 1. The fraction of sp³-hybridized carbons (Fsp3) is 0.733. The molecule has 1 aromatic rings. The summed E-state index contributed by atoms with van der Waals surface area (Å²) in [7, 11) is 0. The van der Waals surface area contributed by atoms with Crippen molar-refractivity contribution in [1.29, 1.82) is 0 Å². The molecule has 0 aromatic carbocycles. The predicted molar refractivity (Wildman–Crippen MR) is 87.2 cm³/mol. The molecule has 2 heterocycles. The van der Waals surface area contributed by atoms with Crippen LogP contribution in [0.4, 0.5) is 13.2 Å². The third kappa shape index (κ3) is 4.73. The second-order valence-corrected chi connectivity index (χ2v) is 7.07. The summed E-state index contributed by atoms with van der Waals surface area (Å²) in [5.41, 5.74) is -0.494. The monoisotopic (exact) mass is 424 g/mol. The number of hydrogen-bond acceptors (Lipinski definition) is 4. The van der Waals surface area contributed by atoms with Crippen molar-refractivity contribution in [2.24, 2.45) is 0 Å². The van der Waals surface area contributed by atoms with Crippen molar-refractivity contribution in [3.8, 4) is 0 Å². The lowest BCUT2D eigenvalue weighted by atomic mass is 10.2. The highest BCUT2D eigenvalue weighted by molar-refractivity contribution is 9.10. The molecule has 2 fully saturated rings. The topological polar surface area (TPSA) is 59.4 Å². The molecule has 10 heteroatoms. The molecule has 1 aromatic heterocycles. The molecule has 0 atom stereocenters. The van der Waals surface area contributed by atoms with Gasteiger partial charge in [-0.2, -0.15) is 18.3 Å². The number of nitrogens with one attached hydrogen (secondary N) is 1. The van der Waals surface area contributed by atoms with Crippen LogP contribution in [0, 0.1) is 0 Å². The summed E-state index contributed by atoms with van der Waals surface area (Å²) in [5.74, 6) is -0.294. The lowest BCUT2D eigenvalue weighted by Gasteiger charge is -2.26. The molecule has 0 unspecified atom stereocenters. The SMILES string of the molecule is O=C(Cn1nc(C(F)(F)F)c(Br)c1C1CC1)NCCN1CCOCC1. The normalized spacial score (nSPS) is 19.2. The van der Waals surface area contributed by atoms with Gasteiger partial charge in [0.25, 0.3) is 0 Å². The van der Waals surface area contributed by atoms with Crippen LogP contribution in [0.5, 0.6) is 0 Å². The van der Waals surface area contributed by atoms with E-state index in [9.17, 15) is 18.0 Å². The van der Waals surface area contributed by atoms with Gasteiger partial charge in [-0.25, -0.2) is 0 Å². The van der Waals surface area contributed by atoms with E-state index in [1.54, 1.807) is 0 Å². The third-order valence-electron chi connectivity index (χ3n) is 4.31. The second-order valence-electron chi connectivity index (χ2n) is 6.28. The molecule has 0 spiro atoms. The van der Waals surface area contributed by atoms with Gasteiger partial charge in [-0.1, -0.05) is 0 Å². The number of carbonyl (C=O) groups excluding carboxylic acids is 1. The molecular formula is C15H20BrF3N4O2. The van der Waals surface area contributed by atoms with E-state index < -0.39 is 11.9 Å². The van der Waals surface area contributed by atoms with Crippen LogP contribution in [-0.2, 0) is 22.3 Å². The van der Waals surface area contributed by atoms with Gasteiger partial charge in [0.15, 0.2) is 5.69 Å². The van der Waals surface area contributed by atoms with Crippen molar-refractivity contribution in [2.75, 3.05) is 39.4 Å². The number of carbonyl (C=O) groups is 1. The Morgan fingerprint density at radius 1 is 1.32 bits per heavy atom. The van der Waals surface area contributed by atoms with Crippen molar-refractivity contribution in [1.82, 2.24) is 20.0 Å². The van der Waals surface area contributed by atoms with E-state index in [4.69, 9.17) is 4.74 Å². The number of nitrogens with zero attached hydrogens (tertiary/aromatic N) is 3. The number of amides is 1. The second kappa shape index (κ2) is 7.63. The average Bonchev–Trinajstić information content (AvgIpc) is 3.32. The zero-order valence-electron chi connectivity index (χ0n) is 13.6. The largest absolute Gasteiger partial charge is 0.436 e. The van der Waals surface area contributed by atoms with Crippen molar-refractivity contribution in [3.63, 3.8) is 0 Å². The van der Waals surface area contributed by atoms with E-state index in [2.05, 4.69) is 31.2 Å². The Morgan fingerprint density at radius 2 is 2.00 bits per heavy atom. The van der Waals surface area contributed by atoms with E-state index in [1.807, 2.05) is 0 Å². The van der Waals surface area contributed by atoms with Crippen molar-refractivity contribution in [3.05, 3.63) is 15.9 Å². The summed E-state index contributed by atoms with van der Waals surface area (Å²) in [5, 5.41) is 6.39. The molecule has 3 rings (SSSR count). The van der Waals surface area contributed by atoms with Gasteiger partial charge in [0.1, 0.15) is 6.54 Å². The maximum absolute atomic E-state index is 13.0. The number of alkyl halides is 3. The first kappa shape index (κ1) is 18.7. The molecular weight excluding hydrogens is 405 g/mol. The first-order valence-electron chi connectivity index (χ1n) is 8.26. The van der Waals surface area contributed by atoms with Gasteiger partial charge in [0.2, 0.25) is 5.91 Å². The van der Waals surface area contributed by atoms with Gasteiger partial charge in [-0.15, -0.1) is 0 Å². The van der Waals surface area contributed by atoms with Gasteiger partial charge in [0.05, 0.1) is 23.4 Å². The highest BCUT2D eigenvalue weighted by Crippen LogP contribution is 2.46. The molecule has 25 heavy (non-hydrogen) atoms. The van der Waals surface area contributed by atoms with Crippen LogP contribution in [0.15, 0.2) is 4.47 Å². The number of morpholine rings is 1. The molecule has 1 aliphatic heterocycles. The van der Waals surface area contributed by atoms with Crippen molar-refractivity contribution >= 4 is 21.8 Å². The Labute approximate surface area is 151 Å². The standard InChI is InChI=1S/C15H20BrF3N4O2/c16-12-13(10-1-2-10)23(21-14(12)15(17,18)19)9-11(24)20-3-4-22-5-7-25-8-6-22/h10H,1-9H2,(H,20,24). The minimum Gasteiger partial charge on any atom is -0.379 e. The fourth-order valence-corrected chi connectivity index (χ4v) is 3.70. The number of halogens is 4. The number of hydrogen-bond donors (Lipinski definition) is 1. The van der Waals surface area contributed by atoms with Crippen LogP contribution < -0.4 is 5.32 Å². The van der Waals surface area contributed by atoms with Gasteiger partial charge in [0, 0.05) is 32.1 Å². The molecule has 1 N–H and O–H groups in total. The van der Waals surface area contributed by atoms with Crippen LogP contribution >= 0.6 is 15.9 Å². The molecule has 140 valence electrons. The average molecular weight is 425 g/mol. The Morgan fingerprint density at radius 3 is 2.60 bits per heavy atom. The fourth-order valence-electron chi connectivity index (χ4n) is 2.87. The minimum absolute atomic E-state index is 0.0383. The van der Waals surface area contributed by atoms with Gasteiger partial charge < -0.3 is 10.1 Å². The van der Waals surface area contributed by atoms with E-state index in [1.165, 1.54) is 4.68 Å². The summed E-state index contributed by atoms with van der Waals surface area (Å²) >= 11 is 3.02. The summed E-state index contributed by atoms with van der Waals surface area (Å²) < 4.78 is 45.6. The summed E-state index contributed by atoms with van der Waals surface area (Å²) in [6.45, 7) is 3.95. The van der Waals surface area contributed by atoms with Gasteiger partial charge in [-0.05, 0) is 28.8 Å². The van der Waals surface area contributed by atoms with E-state index >= 15 is 0 Å². The van der Waals surface area contributed by atoms with E-state index in [0.29, 0.717) is 32.0 Å². The number of rotatable bonds is 6.